The van der Waals surface area contributed by atoms with Gasteiger partial charge in [0.15, 0.2) is 5.92 Å². The number of amides is 1. The van der Waals surface area contributed by atoms with Gasteiger partial charge in [-0.15, -0.1) is 0 Å². The fraction of sp³-hybridized carbons (Fsp3) is 0.640. The van der Waals surface area contributed by atoms with Crippen molar-refractivity contribution in [2.24, 2.45) is 11.3 Å². The first-order valence-corrected chi connectivity index (χ1v) is 12.6. The Morgan fingerprint density at radius 3 is 2.34 bits per heavy atom. The van der Waals surface area contributed by atoms with E-state index in [9.17, 15) is 14.4 Å². The molecule has 2 aliphatic heterocycles. The van der Waals surface area contributed by atoms with Gasteiger partial charge >= 0.3 is 11.9 Å². The van der Waals surface area contributed by atoms with E-state index in [1.54, 1.807) is 13.8 Å². The molecule has 0 saturated carbocycles. The van der Waals surface area contributed by atoms with Crippen molar-refractivity contribution in [2.45, 2.75) is 70.7 Å². The first-order chi connectivity index (χ1) is 15.3. The van der Waals surface area contributed by atoms with Gasteiger partial charge in [-0.05, 0) is 39.2 Å². The highest BCUT2D eigenvalue weighted by atomic mass is 32.2. The Morgan fingerprint density at radius 2 is 1.75 bits per heavy atom. The molecule has 1 aromatic rings. The van der Waals surface area contributed by atoms with Crippen LogP contribution in [-0.4, -0.2) is 52.5 Å². The van der Waals surface area contributed by atoms with Crippen molar-refractivity contribution in [3.05, 3.63) is 35.9 Å². The number of esters is 2. The molecule has 2 fully saturated rings. The number of nitrogens with zero attached hydrogens (tertiary/aromatic N) is 1. The highest BCUT2D eigenvalue weighted by molar-refractivity contribution is 8.00. The second kappa shape index (κ2) is 10.3. The number of rotatable bonds is 10. The number of carbonyl (C=O) groups excluding carboxylic acids is 3. The van der Waals surface area contributed by atoms with E-state index >= 15 is 0 Å². The van der Waals surface area contributed by atoms with E-state index in [1.165, 1.54) is 0 Å². The van der Waals surface area contributed by atoms with Gasteiger partial charge in [-0.1, -0.05) is 43.7 Å². The molecule has 1 aromatic carbocycles. The summed E-state index contributed by atoms with van der Waals surface area (Å²) in [6.07, 6.45) is 2.48. The molecule has 0 N–H and O–H groups in total. The van der Waals surface area contributed by atoms with E-state index in [-0.39, 0.29) is 35.3 Å². The van der Waals surface area contributed by atoms with Gasteiger partial charge in [0.05, 0.1) is 18.8 Å². The molecular weight excluding hydrogens is 426 g/mol. The lowest BCUT2D eigenvalue weighted by Crippen LogP contribution is -2.54. The fourth-order valence-electron chi connectivity index (χ4n) is 5.11. The molecule has 176 valence electrons. The van der Waals surface area contributed by atoms with Crippen LogP contribution in [0.1, 0.15) is 58.9 Å². The molecule has 0 aliphatic carbocycles. The van der Waals surface area contributed by atoms with Crippen LogP contribution in [0.15, 0.2) is 30.3 Å². The Bertz CT molecular complexity index is 813. The third kappa shape index (κ3) is 4.68. The van der Waals surface area contributed by atoms with Gasteiger partial charge in [0.25, 0.3) is 0 Å². The highest BCUT2D eigenvalue weighted by Crippen LogP contribution is 2.59. The van der Waals surface area contributed by atoms with Crippen LogP contribution in [0.25, 0.3) is 0 Å². The van der Waals surface area contributed by atoms with E-state index in [0.29, 0.717) is 25.8 Å². The minimum Gasteiger partial charge on any atom is -0.465 e. The average Bonchev–Trinajstić information content (AvgIpc) is 3.11. The number of fused-ring (bicyclic) bond motifs is 1. The Balaban J connectivity index is 1.71. The molecule has 0 radical (unpaired) electrons. The molecule has 0 aromatic heterocycles. The number of hydrogen-bond donors (Lipinski definition) is 0. The number of likely N-dealkylation sites (tertiary alicyclic amines) is 1. The predicted octanol–water partition coefficient (Wildman–Crippen LogP) is 4.21. The Morgan fingerprint density at radius 1 is 1.12 bits per heavy atom. The summed E-state index contributed by atoms with van der Waals surface area (Å²) in [7, 11) is 0. The molecule has 3 atom stereocenters. The lowest BCUT2D eigenvalue weighted by Gasteiger charge is -2.44. The third-order valence-corrected chi connectivity index (χ3v) is 9.04. The topological polar surface area (TPSA) is 72.9 Å². The number of hydrogen-bond acceptors (Lipinski definition) is 6. The fourth-order valence-corrected chi connectivity index (χ4v) is 7.14. The Labute approximate surface area is 195 Å². The van der Waals surface area contributed by atoms with E-state index < -0.39 is 17.9 Å². The number of carbonyl (C=O) groups is 3. The summed E-state index contributed by atoms with van der Waals surface area (Å²) in [5.74, 6) is -0.762. The van der Waals surface area contributed by atoms with Crippen LogP contribution in [0.4, 0.5) is 0 Å². The van der Waals surface area contributed by atoms with Gasteiger partial charge in [-0.2, -0.15) is 11.8 Å². The van der Waals surface area contributed by atoms with Crippen LogP contribution in [0.3, 0.4) is 0 Å². The van der Waals surface area contributed by atoms with Crippen molar-refractivity contribution in [1.29, 1.82) is 0 Å². The Kier molecular flexibility index (Phi) is 7.91. The quantitative estimate of drug-likeness (QED) is 0.384. The maximum atomic E-state index is 13.0. The molecule has 32 heavy (non-hydrogen) atoms. The second-order valence-corrected chi connectivity index (χ2v) is 10.3. The largest absolute Gasteiger partial charge is 0.465 e. The molecule has 0 bridgehead atoms. The average molecular weight is 462 g/mol. The molecule has 1 unspecified atom stereocenters. The standard InChI is InChI=1S/C25H35NO5S/c1-5-30-22(28)19(23(29)31-6-2)13-10-14-20-25(4)24(3,17-32-20)15-21(27)26(25)16-18-11-8-7-9-12-18/h7-9,11-12,19-20H,5-6,10,13-17H2,1-4H3/t20?,24-,25+/m0/s1. The maximum absolute atomic E-state index is 13.0. The lowest BCUT2D eigenvalue weighted by molar-refractivity contribution is -0.162. The van der Waals surface area contributed by atoms with E-state index in [0.717, 1.165) is 17.7 Å². The normalized spacial score (nSPS) is 27.0. The van der Waals surface area contributed by atoms with Crippen LogP contribution in [0, 0.1) is 11.3 Å². The molecule has 2 saturated heterocycles. The molecule has 3 rings (SSSR count). The summed E-state index contributed by atoms with van der Waals surface area (Å²) in [5, 5.41) is 0.243. The highest BCUT2D eigenvalue weighted by Gasteiger charge is 2.64. The van der Waals surface area contributed by atoms with Crippen molar-refractivity contribution >= 4 is 29.6 Å². The SMILES string of the molecule is CCOC(=O)C(CCCC1SC[C@]2(C)CC(=O)N(Cc3ccccc3)[C@]12C)C(=O)OCC. The molecule has 2 aliphatic rings. The van der Waals surface area contributed by atoms with Crippen molar-refractivity contribution < 1.29 is 23.9 Å². The Hall–Kier alpha value is -2.02. The summed E-state index contributed by atoms with van der Waals surface area (Å²) >= 11 is 1.91. The van der Waals surface area contributed by atoms with Crippen LogP contribution < -0.4 is 0 Å². The van der Waals surface area contributed by atoms with E-state index in [1.807, 2.05) is 30.0 Å². The first-order valence-electron chi connectivity index (χ1n) is 11.6. The number of ether oxygens (including phenoxy) is 2. The third-order valence-electron chi connectivity index (χ3n) is 7.14. The molecule has 1 amide bonds. The summed E-state index contributed by atoms with van der Waals surface area (Å²) in [4.78, 5) is 39.7. The number of thioether (sulfide) groups is 1. The predicted molar refractivity (Wildman–Crippen MR) is 125 cm³/mol. The second-order valence-electron chi connectivity index (χ2n) is 9.14. The van der Waals surface area contributed by atoms with Gasteiger partial charge in [0, 0.05) is 29.4 Å². The smallest absolute Gasteiger partial charge is 0.320 e. The van der Waals surface area contributed by atoms with Crippen LogP contribution in [-0.2, 0) is 30.4 Å². The summed E-state index contributed by atoms with van der Waals surface area (Å²) in [5.41, 5.74) is 0.774. The van der Waals surface area contributed by atoms with Crippen LogP contribution in [0.5, 0.6) is 0 Å². The first kappa shape index (κ1) is 24.6. The lowest BCUT2D eigenvalue weighted by atomic mass is 9.71. The van der Waals surface area contributed by atoms with Gasteiger partial charge in [-0.25, -0.2) is 0 Å². The summed E-state index contributed by atoms with van der Waals surface area (Å²) < 4.78 is 10.2. The monoisotopic (exact) mass is 461 g/mol. The van der Waals surface area contributed by atoms with Crippen molar-refractivity contribution in [3.8, 4) is 0 Å². The minimum absolute atomic E-state index is 0.0874. The van der Waals surface area contributed by atoms with Crippen molar-refractivity contribution in [1.82, 2.24) is 4.90 Å². The van der Waals surface area contributed by atoms with Gasteiger partial charge < -0.3 is 14.4 Å². The molecule has 2 heterocycles. The van der Waals surface area contributed by atoms with Crippen molar-refractivity contribution in [2.75, 3.05) is 19.0 Å². The van der Waals surface area contributed by atoms with Gasteiger partial charge in [0.1, 0.15) is 0 Å². The zero-order valence-electron chi connectivity index (χ0n) is 19.6. The molecule has 0 spiro atoms. The maximum Gasteiger partial charge on any atom is 0.320 e. The van der Waals surface area contributed by atoms with Gasteiger partial charge in [-0.3, -0.25) is 14.4 Å². The van der Waals surface area contributed by atoms with Crippen LogP contribution >= 0.6 is 11.8 Å². The summed E-state index contributed by atoms with van der Waals surface area (Å²) in [6, 6.07) is 10.1. The summed E-state index contributed by atoms with van der Waals surface area (Å²) in [6.45, 7) is 8.99. The molecule has 6 nitrogen and oxygen atoms in total. The number of benzene rings is 1. The van der Waals surface area contributed by atoms with Crippen molar-refractivity contribution in [3.63, 3.8) is 0 Å². The van der Waals surface area contributed by atoms with E-state index in [4.69, 9.17) is 9.47 Å². The zero-order chi connectivity index (χ0) is 23.4. The van der Waals surface area contributed by atoms with E-state index in [2.05, 4.69) is 30.9 Å². The zero-order valence-corrected chi connectivity index (χ0v) is 20.4. The molecular formula is C25H35NO5S. The molecule has 7 heteroatoms. The minimum atomic E-state index is -0.883. The van der Waals surface area contributed by atoms with Gasteiger partial charge in [0.2, 0.25) is 5.91 Å². The van der Waals surface area contributed by atoms with Crippen LogP contribution in [0.2, 0.25) is 0 Å².